The molecule has 0 aliphatic rings. The Kier molecular flexibility index (Phi) is 4.24. The van der Waals surface area contributed by atoms with Crippen LogP contribution in [-0.4, -0.2) is 14.9 Å². The zero-order valence-corrected chi connectivity index (χ0v) is 13.6. The summed E-state index contributed by atoms with van der Waals surface area (Å²) in [6.07, 6.45) is 2.08. The second-order valence-electron chi connectivity index (χ2n) is 4.84. The topological polar surface area (TPSA) is 34.0 Å². The zero-order chi connectivity index (χ0) is 14.7. The fourth-order valence-corrected chi connectivity index (χ4v) is 2.62. The number of anilines is 1. The van der Waals surface area contributed by atoms with Crippen molar-refractivity contribution in [3.63, 3.8) is 0 Å². The highest BCUT2D eigenvalue weighted by atomic mass is 127. The van der Waals surface area contributed by atoms with Crippen molar-refractivity contribution in [2.24, 2.45) is 0 Å². The molecule has 1 aromatic heterocycles. The van der Waals surface area contributed by atoms with Crippen LogP contribution >= 0.6 is 22.6 Å². The van der Waals surface area contributed by atoms with Crippen LogP contribution in [0.4, 0.5) is 5.69 Å². The molecule has 21 heavy (non-hydrogen) atoms. The minimum absolute atomic E-state index is 0.0282. The van der Waals surface area contributed by atoms with Crippen molar-refractivity contribution in [3.05, 3.63) is 66.4 Å². The first-order valence-electron chi connectivity index (χ1n) is 6.75. The Labute approximate surface area is 137 Å². The van der Waals surface area contributed by atoms with Gasteiger partial charge in [-0.25, -0.2) is 0 Å². The monoisotopic (exact) mass is 390 g/mol. The number of carbonyl (C=O) groups is 1. The normalized spacial score (nSPS) is 10.7. The number of benzene rings is 2. The Morgan fingerprint density at radius 2 is 1.81 bits per heavy atom. The van der Waals surface area contributed by atoms with Crippen LogP contribution in [0, 0.1) is 0 Å². The van der Waals surface area contributed by atoms with Gasteiger partial charge in [0.15, 0.2) is 0 Å². The van der Waals surface area contributed by atoms with Gasteiger partial charge in [-0.2, -0.15) is 0 Å². The van der Waals surface area contributed by atoms with Crippen molar-refractivity contribution >= 4 is 45.1 Å². The van der Waals surface area contributed by atoms with E-state index in [0.717, 1.165) is 17.8 Å². The van der Waals surface area contributed by atoms with Gasteiger partial charge in [-0.05, 0) is 29.1 Å². The van der Waals surface area contributed by atoms with Gasteiger partial charge >= 0.3 is 0 Å². The third kappa shape index (κ3) is 3.10. The Morgan fingerprint density at radius 3 is 2.67 bits per heavy atom. The van der Waals surface area contributed by atoms with Crippen molar-refractivity contribution in [2.45, 2.75) is 6.54 Å². The first-order chi connectivity index (χ1) is 10.3. The number of para-hydroxylation sites is 2. The Hall–Kier alpha value is -1.82. The number of hydrogen-bond donors (Lipinski definition) is 1. The summed E-state index contributed by atoms with van der Waals surface area (Å²) in [5, 5.41) is 4.19. The molecule has 2 aromatic carbocycles. The summed E-state index contributed by atoms with van der Waals surface area (Å²) in [5.41, 5.74) is 3.20. The van der Waals surface area contributed by atoms with E-state index in [1.807, 2.05) is 30.3 Å². The molecule has 0 aliphatic heterocycles. The van der Waals surface area contributed by atoms with Crippen LogP contribution in [-0.2, 0) is 11.3 Å². The minimum Gasteiger partial charge on any atom is -0.343 e. The summed E-state index contributed by atoms with van der Waals surface area (Å²) in [5.74, 6) is 0.0282. The summed E-state index contributed by atoms with van der Waals surface area (Å²) < 4.78 is 2.66. The van der Waals surface area contributed by atoms with E-state index >= 15 is 0 Å². The van der Waals surface area contributed by atoms with E-state index in [1.165, 1.54) is 10.9 Å². The number of nitrogens with zero attached hydrogens (tertiary/aromatic N) is 1. The van der Waals surface area contributed by atoms with Crippen LogP contribution in [0.5, 0.6) is 0 Å². The van der Waals surface area contributed by atoms with Crippen LogP contribution in [0.1, 0.15) is 5.56 Å². The number of halogens is 1. The molecule has 0 unspecified atom stereocenters. The number of fused-ring (bicyclic) bond motifs is 1. The average molecular weight is 390 g/mol. The predicted octanol–water partition coefficient (Wildman–Crippen LogP) is 4.06. The molecule has 0 bridgehead atoms. The number of amides is 1. The molecule has 0 aliphatic carbocycles. The Bertz CT molecular complexity index is 779. The highest BCUT2D eigenvalue weighted by molar-refractivity contribution is 14.1. The van der Waals surface area contributed by atoms with E-state index in [9.17, 15) is 4.79 Å². The molecule has 1 amide bonds. The lowest BCUT2D eigenvalue weighted by Crippen LogP contribution is -2.14. The van der Waals surface area contributed by atoms with Gasteiger partial charge in [0.25, 0.3) is 0 Å². The van der Waals surface area contributed by atoms with Gasteiger partial charge in [0.05, 0.1) is 4.43 Å². The predicted molar refractivity (Wildman–Crippen MR) is 95.0 cm³/mol. The molecular weight excluding hydrogens is 375 g/mol. The van der Waals surface area contributed by atoms with E-state index in [4.69, 9.17) is 0 Å². The number of hydrogen-bond acceptors (Lipinski definition) is 1. The lowest BCUT2D eigenvalue weighted by atomic mass is 10.1. The van der Waals surface area contributed by atoms with E-state index in [-0.39, 0.29) is 5.91 Å². The van der Waals surface area contributed by atoms with Crippen LogP contribution in [0.2, 0.25) is 0 Å². The molecule has 3 rings (SSSR count). The molecule has 0 atom stereocenters. The zero-order valence-electron chi connectivity index (χ0n) is 11.4. The highest BCUT2D eigenvalue weighted by Crippen LogP contribution is 2.21. The number of carbonyl (C=O) groups excluding carboxylic acids is 1. The Morgan fingerprint density at radius 1 is 1.05 bits per heavy atom. The lowest BCUT2D eigenvalue weighted by Gasteiger charge is -2.12. The molecule has 1 heterocycles. The number of rotatable bonds is 4. The molecule has 0 saturated carbocycles. The molecule has 0 radical (unpaired) electrons. The average Bonchev–Trinajstić information content (AvgIpc) is 2.92. The molecule has 106 valence electrons. The van der Waals surface area contributed by atoms with Gasteiger partial charge in [0.2, 0.25) is 5.91 Å². The van der Waals surface area contributed by atoms with Crippen molar-refractivity contribution in [1.82, 2.24) is 4.57 Å². The van der Waals surface area contributed by atoms with E-state index in [2.05, 4.69) is 62.9 Å². The third-order valence-electron chi connectivity index (χ3n) is 3.43. The largest absolute Gasteiger partial charge is 0.343 e. The molecular formula is C17H15IN2O. The summed E-state index contributed by atoms with van der Waals surface area (Å²) >= 11 is 2.07. The van der Waals surface area contributed by atoms with Gasteiger partial charge in [0.1, 0.15) is 0 Å². The van der Waals surface area contributed by atoms with E-state index in [0.29, 0.717) is 4.43 Å². The summed E-state index contributed by atoms with van der Waals surface area (Å²) in [6, 6.07) is 18.4. The van der Waals surface area contributed by atoms with Gasteiger partial charge in [-0.3, -0.25) is 4.79 Å². The Balaban J connectivity index is 1.93. The first kappa shape index (κ1) is 14.1. The maximum Gasteiger partial charge on any atom is 0.234 e. The van der Waals surface area contributed by atoms with Crippen LogP contribution in [0.15, 0.2) is 60.8 Å². The van der Waals surface area contributed by atoms with Crippen molar-refractivity contribution in [1.29, 1.82) is 0 Å². The quantitative estimate of drug-likeness (QED) is 0.529. The van der Waals surface area contributed by atoms with Gasteiger partial charge < -0.3 is 9.88 Å². The van der Waals surface area contributed by atoms with Gasteiger partial charge in [-0.1, -0.05) is 59.0 Å². The number of alkyl halides is 1. The number of aromatic nitrogens is 1. The molecule has 4 heteroatoms. The third-order valence-corrected chi connectivity index (χ3v) is 4.13. The van der Waals surface area contributed by atoms with Crippen molar-refractivity contribution in [2.75, 3.05) is 9.74 Å². The van der Waals surface area contributed by atoms with E-state index in [1.54, 1.807) is 0 Å². The molecule has 3 aromatic rings. The maximum absolute atomic E-state index is 11.6. The maximum atomic E-state index is 11.6. The summed E-state index contributed by atoms with van der Waals surface area (Å²) in [6.45, 7) is 0.741. The molecule has 0 saturated heterocycles. The minimum atomic E-state index is 0.0282. The van der Waals surface area contributed by atoms with Gasteiger partial charge in [-0.15, -0.1) is 0 Å². The first-order valence-corrected chi connectivity index (χ1v) is 8.28. The fourth-order valence-electron chi connectivity index (χ4n) is 2.43. The van der Waals surface area contributed by atoms with Gasteiger partial charge in [0, 0.05) is 23.9 Å². The smallest absolute Gasteiger partial charge is 0.234 e. The molecule has 1 N–H and O–H groups in total. The summed E-state index contributed by atoms with van der Waals surface area (Å²) in [7, 11) is 0. The SMILES string of the molecule is O=C(CI)Nc1ccccc1Cn1ccc2ccccc21. The number of nitrogens with one attached hydrogen (secondary N) is 1. The van der Waals surface area contributed by atoms with E-state index < -0.39 is 0 Å². The lowest BCUT2D eigenvalue weighted by molar-refractivity contribution is -0.113. The standard InChI is InChI=1S/C17H15IN2O/c18-11-17(21)19-15-7-3-1-6-14(15)12-20-10-9-13-5-2-4-8-16(13)20/h1-10H,11-12H2,(H,19,21). The van der Waals surface area contributed by atoms with Crippen LogP contribution < -0.4 is 5.32 Å². The van der Waals surface area contributed by atoms with Crippen LogP contribution in [0.3, 0.4) is 0 Å². The van der Waals surface area contributed by atoms with Crippen molar-refractivity contribution in [3.8, 4) is 0 Å². The molecule has 0 spiro atoms. The summed E-state index contributed by atoms with van der Waals surface area (Å²) in [4.78, 5) is 11.6. The van der Waals surface area contributed by atoms with Crippen LogP contribution in [0.25, 0.3) is 10.9 Å². The highest BCUT2D eigenvalue weighted by Gasteiger charge is 2.07. The molecule has 3 nitrogen and oxygen atoms in total. The second kappa shape index (κ2) is 6.30. The fraction of sp³-hybridized carbons (Fsp3) is 0.118. The van der Waals surface area contributed by atoms with Crippen molar-refractivity contribution < 1.29 is 4.79 Å². The molecule has 0 fully saturated rings. The second-order valence-corrected chi connectivity index (χ2v) is 5.60.